The molecule has 4 nitrogen and oxygen atoms in total. The number of nitrogens with zero attached hydrogens (tertiary/aromatic N) is 4. The van der Waals surface area contributed by atoms with Gasteiger partial charge < -0.3 is 4.90 Å². The molecular weight excluding hydrogens is 328 g/mol. The van der Waals surface area contributed by atoms with Crippen LogP contribution >= 0.6 is 11.8 Å². The first-order valence-corrected chi connectivity index (χ1v) is 9.08. The Labute approximate surface area is 152 Å². The SMILES string of the molecule is CSc1nc(-c2ccc(C)cc2)c(C#N)c(N(C)c2ccccc2)n1. The molecular formula is C20H18N4S. The second-order valence-electron chi connectivity index (χ2n) is 5.63. The van der Waals surface area contributed by atoms with Gasteiger partial charge in [-0.05, 0) is 25.3 Å². The Hall–Kier alpha value is -2.84. The number of rotatable bonds is 4. The van der Waals surface area contributed by atoms with E-state index in [2.05, 4.69) is 16.0 Å². The largest absolute Gasteiger partial charge is 0.328 e. The van der Waals surface area contributed by atoms with Crippen molar-refractivity contribution in [1.82, 2.24) is 9.97 Å². The Morgan fingerprint density at radius 2 is 1.68 bits per heavy atom. The van der Waals surface area contributed by atoms with Crippen LogP contribution in [0.5, 0.6) is 0 Å². The van der Waals surface area contributed by atoms with Crippen molar-refractivity contribution in [2.45, 2.75) is 12.1 Å². The fourth-order valence-electron chi connectivity index (χ4n) is 2.56. The Morgan fingerprint density at radius 3 is 2.28 bits per heavy atom. The number of anilines is 2. The quantitative estimate of drug-likeness (QED) is 0.501. The molecule has 0 saturated carbocycles. The number of aromatic nitrogens is 2. The summed E-state index contributed by atoms with van der Waals surface area (Å²) in [5, 5.41) is 10.5. The summed E-state index contributed by atoms with van der Waals surface area (Å²) in [5.41, 5.74) is 4.21. The van der Waals surface area contributed by atoms with Crippen LogP contribution < -0.4 is 4.90 Å². The van der Waals surface area contributed by atoms with Crippen molar-refractivity contribution >= 4 is 23.3 Å². The summed E-state index contributed by atoms with van der Waals surface area (Å²) >= 11 is 1.47. The lowest BCUT2D eigenvalue weighted by Gasteiger charge is -2.21. The maximum atomic E-state index is 9.81. The highest BCUT2D eigenvalue weighted by atomic mass is 32.2. The zero-order valence-corrected chi connectivity index (χ0v) is 15.2. The minimum atomic E-state index is 0.480. The summed E-state index contributed by atoms with van der Waals surface area (Å²) in [4.78, 5) is 11.1. The van der Waals surface area contributed by atoms with Crippen LogP contribution in [0.4, 0.5) is 11.5 Å². The van der Waals surface area contributed by atoms with Crippen molar-refractivity contribution in [3.8, 4) is 17.3 Å². The first-order chi connectivity index (χ1) is 12.1. The van der Waals surface area contributed by atoms with Gasteiger partial charge in [0.05, 0.1) is 5.69 Å². The third-order valence-electron chi connectivity index (χ3n) is 3.95. The number of benzene rings is 2. The number of nitriles is 1. The number of para-hydroxylation sites is 1. The Kier molecular flexibility index (Phi) is 5.01. The summed E-state index contributed by atoms with van der Waals surface area (Å²) in [6, 6.07) is 20.2. The van der Waals surface area contributed by atoms with E-state index in [1.807, 2.05) is 79.7 Å². The van der Waals surface area contributed by atoms with Gasteiger partial charge in [0.25, 0.3) is 0 Å². The van der Waals surface area contributed by atoms with Crippen LogP contribution in [0.1, 0.15) is 11.1 Å². The topological polar surface area (TPSA) is 52.8 Å². The van der Waals surface area contributed by atoms with Crippen LogP contribution in [0.3, 0.4) is 0 Å². The van der Waals surface area contributed by atoms with E-state index < -0.39 is 0 Å². The Morgan fingerprint density at radius 1 is 1.00 bits per heavy atom. The number of hydrogen-bond donors (Lipinski definition) is 0. The average molecular weight is 346 g/mol. The molecule has 0 spiro atoms. The van der Waals surface area contributed by atoms with Gasteiger partial charge in [-0.25, -0.2) is 9.97 Å². The molecule has 0 aliphatic carbocycles. The molecule has 2 aromatic carbocycles. The molecule has 25 heavy (non-hydrogen) atoms. The zero-order chi connectivity index (χ0) is 17.8. The van der Waals surface area contributed by atoms with Gasteiger partial charge in [-0.1, -0.05) is 59.8 Å². The minimum absolute atomic E-state index is 0.480. The highest BCUT2D eigenvalue weighted by Gasteiger charge is 2.19. The summed E-state index contributed by atoms with van der Waals surface area (Å²) in [6.07, 6.45) is 1.94. The Bertz CT molecular complexity index is 915. The highest BCUT2D eigenvalue weighted by molar-refractivity contribution is 7.98. The van der Waals surface area contributed by atoms with E-state index in [0.29, 0.717) is 22.2 Å². The number of thioether (sulfide) groups is 1. The van der Waals surface area contributed by atoms with Crippen molar-refractivity contribution < 1.29 is 0 Å². The molecule has 3 rings (SSSR count). The Balaban J connectivity index is 2.20. The van der Waals surface area contributed by atoms with E-state index in [9.17, 15) is 5.26 Å². The summed E-state index contributed by atoms with van der Waals surface area (Å²) in [7, 11) is 1.92. The molecule has 1 heterocycles. The smallest absolute Gasteiger partial charge is 0.189 e. The lowest BCUT2D eigenvalue weighted by molar-refractivity contribution is 0.944. The normalized spacial score (nSPS) is 10.3. The third-order valence-corrected chi connectivity index (χ3v) is 4.50. The van der Waals surface area contributed by atoms with Crippen molar-refractivity contribution in [3.63, 3.8) is 0 Å². The standard InChI is InChI=1S/C20H18N4S/c1-14-9-11-15(12-10-14)18-17(13-21)19(23-20(22-18)25-3)24(2)16-7-5-4-6-8-16/h4-12H,1-3H3. The van der Waals surface area contributed by atoms with Gasteiger partial charge >= 0.3 is 0 Å². The second-order valence-corrected chi connectivity index (χ2v) is 6.40. The van der Waals surface area contributed by atoms with E-state index in [0.717, 1.165) is 11.3 Å². The van der Waals surface area contributed by atoms with Crippen LogP contribution in [0.2, 0.25) is 0 Å². The maximum absolute atomic E-state index is 9.81. The van der Waals surface area contributed by atoms with E-state index in [-0.39, 0.29) is 0 Å². The molecule has 124 valence electrons. The van der Waals surface area contributed by atoms with Gasteiger partial charge in [-0.3, -0.25) is 0 Å². The average Bonchev–Trinajstić information content (AvgIpc) is 2.67. The molecule has 0 aliphatic heterocycles. The van der Waals surface area contributed by atoms with Crippen molar-refractivity contribution in [3.05, 3.63) is 65.7 Å². The predicted molar refractivity (Wildman–Crippen MR) is 103 cm³/mol. The van der Waals surface area contributed by atoms with E-state index in [1.165, 1.54) is 17.3 Å². The summed E-state index contributed by atoms with van der Waals surface area (Å²) < 4.78 is 0. The first kappa shape index (κ1) is 17.0. The monoisotopic (exact) mass is 346 g/mol. The summed E-state index contributed by atoms with van der Waals surface area (Å²) in [5.74, 6) is 0.614. The molecule has 0 bridgehead atoms. The van der Waals surface area contributed by atoms with Crippen LogP contribution in [-0.4, -0.2) is 23.3 Å². The molecule has 0 amide bonds. The molecule has 3 aromatic rings. The fourth-order valence-corrected chi connectivity index (χ4v) is 2.92. The van der Waals surface area contributed by atoms with E-state index >= 15 is 0 Å². The van der Waals surface area contributed by atoms with Crippen LogP contribution in [0.25, 0.3) is 11.3 Å². The maximum Gasteiger partial charge on any atom is 0.189 e. The van der Waals surface area contributed by atoms with E-state index in [1.54, 1.807) is 0 Å². The molecule has 0 fully saturated rings. The van der Waals surface area contributed by atoms with Crippen LogP contribution in [0.15, 0.2) is 59.8 Å². The molecule has 0 aliphatic rings. The van der Waals surface area contributed by atoms with Crippen LogP contribution in [-0.2, 0) is 0 Å². The molecule has 0 N–H and O–H groups in total. The summed E-state index contributed by atoms with van der Waals surface area (Å²) in [6.45, 7) is 2.04. The molecule has 0 saturated heterocycles. The number of aryl methyl sites for hydroxylation is 1. The minimum Gasteiger partial charge on any atom is -0.328 e. The van der Waals surface area contributed by atoms with E-state index in [4.69, 9.17) is 0 Å². The fraction of sp³-hybridized carbons (Fsp3) is 0.150. The van der Waals surface area contributed by atoms with Gasteiger partial charge in [0.2, 0.25) is 0 Å². The van der Waals surface area contributed by atoms with Gasteiger partial charge in [-0.2, -0.15) is 5.26 Å². The zero-order valence-electron chi connectivity index (χ0n) is 14.4. The predicted octanol–water partition coefficient (Wildman–Crippen LogP) is 4.81. The van der Waals surface area contributed by atoms with Crippen molar-refractivity contribution in [1.29, 1.82) is 5.26 Å². The van der Waals surface area contributed by atoms with Gasteiger partial charge in [0.1, 0.15) is 11.6 Å². The van der Waals surface area contributed by atoms with Gasteiger partial charge in [0, 0.05) is 18.3 Å². The highest BCUT2D eigenvalue weighted by Crippen LogP contribution is 2.32. The molecule has 1 aromatic heterocycles. The first-order valence-electron chi connectivity index (χ1n) is 7.86. The second kappa shape index (κ2) is 7.37. The number of hydrogen-bond acceptors (Lipinski definition) is 5. The van der Waals surface area contributed by atoms with Gasteiger partial charge in [0.15, 0.2) is 11.0 Å². The van der Waals surface area contributed by atoms with Crippen molar-refractivity contribution in [2.75, 3.05) is 18.2 Å². The lowest BCUT2D eigenvalue weighted by Crippen LogP contribution is -2.14. The van der Waals surface area contributed by atoms with Crippen molar-refractivity contribution in [2.24, 2.45) is 0 Å². The molecule has 0 radical (unpaired) electrons. The van der Waals surface area contributed by atoms with Crippen LogP contribution in [0, 0.1) is 18.3 Å². The molecule has 0 atom stereocenters. The van der Waals surface area contributed by atoms with Gasteiger partial charge in [-0.15, -0.1) is 0 Å². The molecule has 0 unspecified atom stereocenters. The lowest BCUT2D eigenvalue weighted by atomic mass is 10.1. The third kappa shape index (κ3) is 3.49. The molecule has 5 heteroatoms.